The van der Waals surface area contributed by atoms with E-state index >= 15 is 0 Å². The maximum atomic E-state index is 10.8. The van der Waals surface area contributed by atoms with Crippen LogP contribution in [0.5, 0.6) is 11.5 Å². The normalized spacial score (nSPS) is 10.6. The SMILES string of the molecule is COc1cc(C=O)ccc1OCc1nc2cc(C)ccc2o1. The fraction of sp³-hybridized carbons (Fsp3) is 0.176. The number of hydrogen-bond acceptors (Lipinski definition) is 5. The summed E-state index contributed by atoms with van der Waals surface area (Å²) in [5.41, 5.74) is 3.19. The van der Waals surface area contributed by atoms with Gasteiger partial charge in [-0.1, -0.05) is 6.07 Å². The van der Waals surface area contributed by atoms with E-state index in [1.165, 1.54) is 7.11 Å². The zero-order valence-electron chi connectivity index (χ0n) is 12.3. The van der Waals surface area contributed by atoms with Crippen molar-refractivity contribution in [3.63, 3.8) is 0 Å². The van der Waals surface area contributed by atoms with E-state index in [-0.39, 0.29) is 6.61 Å². The second-order valence-electron chi connectivity index (χ2n) is 4.90. The molecule has 0 spiro atoms. The largest absolute Gasteiger partial charge is 0.493 e. The number of aryl methyl sites for hydroxylation is 1. The molecule has 0 bridgehead atoms. The van der Waals surface area contributed by atoms with E-state index in [9.17, 15) is 4.79 Å². The number of aromatic nitrogens is 1. The lowest BCUT2D eigenvalue weighted by atomic mass is 10.2. The lowest BCUT2D eigenvalue weighted by molar-refractivity contribution is 0.112. The van der Waals surface area contributed by atoms with E-state index in [1.54, 1.807) is 18.2 Å². The second kappa shape index (κ2) is 5.89. The molecule has 0 aliphatic carbocycles. The molecule has 0 aliphatic rings. The van der Waals surface area contributed by atoms with Gasteiger partial charge in [-0.3, -0.25) is 4.79 Å². The van der Waals surface area contributed by atoms with E-state index in [4.69, 9.17) is 13.9 Å². The highest BCUT2D eigenvalue weighted by molar-refractivity contribution is 5.76. The van der Waals surface area contributed by atoms with Crippen LogP contribution in [0.3, 0.4) is 0 Å². The minimum Gasteiger partial charge on any atom is -0.493 e. The van der Waals surface area contributed by atoms with Crippen molar-refractivity contribution in [1.29, 1.82) is 0 Å². The highest BCUT2D eigenvalue weighted by Gasteiger charge is 2.10. The molecule has 0 saturated carbocycles. The molecular formula is C17H15NO4. The van der Waals surface area contributed by atoms with Crippen LogP contribution in [0.25, 0.3) is 11.1 Å². The molecular weight excluding hydrogens is 282 g/mol. The van der Waals surface area contributed by atoms with Crippen molar-refractivity contribution in [2.45, 2.75) is 13.5 Å². The quantitative estimate of drug-likeness (QED) is 0.674. The molecule has 0 radical (unpaired) electrons. The van der Waals surface area contributed by atoms with Gasteiger partial charge in [0.05, 0.1) is 7.11 Å². The summed E-state index contributed by atoms with van der Waals surface area (Å²) in [7, 11) is 1.53. The van der Waals surface area contributed by atoms with Gasteiger partial charge < -0.3 is 13.9 Å². The number of ether oxygens (including phenoxy) is 2. The van der Waals surface area contributed by atoms with Crippen molar-refractivity contribution < 1.29 is 18.7 Å². The highest BCUT2D eigenvalue weighted by atomic mass is 16.5. The molecule has 0 unspecified atom stereocenters. The molecule has 0 saturated heterocycles. The van der Waals surface area contributed by atoms with Crippen LogP contribution < -0.4 is 9.47 Å². The van der Waals surface area contributed by atoms with Gasteiger partial charge in [-0.2, -0.15) is 0 Å². The Morgan fingerprint density at radius 1 is 1.18 bits per heavy atom. The van der Waals surface area contributed by atoms with Gasteiger partial charge >= 0.3 is 0 Å². The molecule has 0 aliphatic heterocycles. The summed E-state index contributed by atoms with van der Waals surface area (Å²) in [6.07, 6.45) is 0.759. The van der Waals surface area contributed by atoms with Gasteiger partial charge in [-0.25, -0.2) is 4.98 Å². The molecule has 1 heterocycles. The van der Waals surface area contributed by atoms with E-state index in [2.05, 4.69) is 4.98 Å². The Balaban J connectivity index is 1.80. The smallest absolute Gasteiger partial charge is 0.233 e. The first-order valence-electron chi connectivity index (χ1n) is 6.81. The van der Waals surface area contributed by atoms with Crippen LogP contribution in [-0.2, 0) is 6.61 Å². The maximum Gasteiger partial charge on any atom is 0.233 e. The number of nitrogens with zero attached hydrogens (tertiary/aromatic N) is 1. The van der Waals surface area contributed by atoms with Crippen LogP contribution in [0.4, 0.5) is 0 Å². The molecule has 0 amide bonds. The molecule has 0 N–H and O–H groups in total. The number of benzene rings is 2. The molecule has 0 atom stereocenters. The van der Waals surface area contributed by atoms with Crippen LogP contribution in [0, 0.1) is 6.92 Å². The summed E-state index contributed by atoms with van der Waals surface area (Å²) >= 11 is 0. The third-order valence-electron chi connectivity index (χ3n) is 3.26. The number of aldehydes is 1. The summed E-state index contributed by atoms with van der Waals surface area (Å²) in [6.45, 7) is 2.19. The number of carbonyl (C=O) groups excluding carboxylic acids is 1. The summed E-state index contributed by atoms with van der Waals surface area (Å²) in [4.78, 5) is 15.2. The Bertz CT molecular complexity index is 823. The molecule has 1 aromatic heterocycles. The predicted octanol–water partition coefficient (Wildman–Crippen LogP) is 3.54. The van der Waals surface area contributed by atoms with Crippen molar-refractivity contribution in [2.75, 3.05) is 7.11 Å². The van der Waals surface area contributed by atoms with Gasteiger partial charge in [0.2, 0.25) is 5.89 Å². The average Bonchev–Trinajstić information content (AvgIpc) is 2.94. The summed E-state index contributed by atoms with van der Waals surface area (Å²) in [5.74, 6) is 1.52. The van der Waals surface area contributed by atoms with Crippen molar-refractivity contribution in [1.82, 2.24) is 4.98 Å². The van der Waals surface area contributed by atoms with E-state index < -0.39 is 0 Å². The molecule has 5 heteroatoms. The summed E-state index contributed by atoms with van der Waals surface area (Å²) < 4.78 is 16.5. The molecule has 22 heavy (non-hydrogen) atoms. The number of rotatable bonds is 5. The first-order chi connectivity index (χ1) is 10.7. The van der Waals surface area contributed by atoms with Gasteiger partial charge in [0, 0.05) is 5.56 Å². The predicted molar refractivity (Wildman–Crippen MR) is 81.5 cm³/mol. The minimum atomic E-state index is 0.185. The van der Waals surface area contributed by atoms with Crippen molar-refractivity contribution in [3.05, 3.63) is 53.4 Å². The lowest BCUT2D eigenvalue weighted by Crippen LogP contribution is -1.98. The van der Waals surface area contributed by atoms with Gasteiger partial charge in [0.1, 0.15) is 11.8 Å². The monoisotopic (exact) mass is 297 g/mol. The third kappa shape index (κ3) is 2.79. The topological polar surface area (TPSA) is 61.6 Å². The second-order valence-corrected chi connectivity index (χ2v) is 4.90. The van der Waals surface area contributed by atoms with Gasteiger partial charge in [-0.15, -0.1) is 0 Å². The first kappa shape index (κ1) is 14.1. The van der Waals surface area contributed by atoms with E-state index in [1.807, 2.05) is 25.1 Å². The van der Waals surface area contributed by atoms with Crippen molar-refractivity contribution >= 4 is 17.4 Å². The van der Waals surface area contributed by atoms with Crippen molar-refractivity contribution in [2.24, 2.45) is 0 Å². The number of fused-ring (bicyclic) bond motifs is 1. The zero-order valence-corrected chi connectivity index (χ0v) is 12.3. The van der Waals surface area contributed by atoms with Crippen LogP contribution in [0.15, 0.2) is 40.8 Å². The van der Waals surface area contributed by atoms with Gasteiger partial charge in [-0.05, 0) is 42.8 Å². The summed E-state index contributed by atoms with van der Waals surface area (Å²) in [6, 6.07) is 10.8. The number of oxazole rings is 1. The van der Waals surface area contributed by atoms with Crippen LogP contribution >= 0.6 is 0 Å². The Hall–Kier alpha value is -2.82. The summed E-state index contributed by atoms with van der Waals surface area (Å²) in [5, 5.41) is 0. The molecule has 112 valence electrons. The van der Waals surface area contributed by atoms with Crippen LogP contribution in [0.2, 0.25) is 0 Å². The molecule has 2 aromatic carbocycles. The minimum absolute atomic E-state index is 0.185. The number of methoxy groups -OCH3 is 1. The third-order valence-corrected chi connectivity index (χ3v) is 3.26. The van der Waals surface area contributed by atoms with E-state index in [0.717, 1.165) is 22.9 Å². The molecule has 5 nitrogen and oxygen atoms in total. The fourth-order valence-corrected chi connectivity index (χ4v) is 2.16. The molecule has 0 fully saturated rings. The Morgan fingerprint density at radius 3 is 2.82 bits per heavy atom. The molecule has 3 aromatic rings. The number of hydrogen-bond donors (Lipinski definition) is 0. The van der Waals surface area contributed by atoms with Gasteiger partial charge in [0.25, 0.3) is 0 Å². The van der Waals surface area contributed by atoms with Crippen LogP contribution in [-0.4, -0.2) is 18.4 Å². The van der Waals surface area contributed by atoms with Gasteiger partial charge in [0.15, 0.2) is 23.7 Å². The highest BCUT2D eigenvalue weighted by Crippen LogP contribution is 2.28. The van der Waals surface area contributed by atoms with Crippen LogP contribution in [0.1, 0.15) is 21.8 Å². The first-order valence-corrected chi connectivity index (χ1v) is 6.81. The number of carbonyl (C=O) groups is 1. The van der Waals surface area contributed by atoms with Crippen molar-refractivity contribution in [3.8, 4) is 11.5 Å². The Kier molecular flexibility index (Phi) is 3.78. The lowest BCUT2D eigenvalue weighted by Gasteiger charge is -2.09. The Labute approximate surface area is 127 Å². The zero-order chi connectivity index (χ0) is 15.5. The Morgan fingerprint density at radius 2 is 2.05 bits per heavy atom. The standard InChI is InChI=1S/C17H15NO4/c1-11-3-5-14-13(7-11)18-17(22-14)10-21-15-6-4-12(9-19)8-16(15)20-2/h3-9H,10H2,1-2H3. The maximum absolute atomic E-state index is 10.8. The average molecular weight is 297 g/mol. The van der Waals surface area contributed by atoms with E-state index in [0.29, 0.717) is 23.0 Å². The fourth-order valence-electron chi connectivity index (χ4n) is 2.16. The molecule has 3 rings (SSSR count).